The van der Waals surface area contributed by atoms with E-state index in [0.717, 1.165) is 24.0 Å². The van der Waals surface area contributed by atoms with Gasteiger partial charge in [-0.25, -0.2) is 0 Å². The van der Waals surface area contributed by atoms with E-state index in [4.69, 9.17) is 0 Å². The lowest BCUT2D eigenvalue weighted by Gasteiger charge is -2.37. The Morgan fingerprint density at radius 1 is 1.00 bits per heavy atom. The molecule has 1 aliphatic carbocycles. The number of piperidine rings is 1. The molecule has 3 unspecified atom stereocenters. The van der Waals surface area contributed by atoms with Crippen molar-refractivity contribution in [2.75, 3.05) is 13.1 Å². The highest BCUT2D eigenvalue weighted by atomic mass is 15.2. The first-order chi connectivity index (χ1) is 7.84. The first-order valence-electron chi connectivity index (χ1n) is 7.35. The topological polar surface area (TPSA) is 15.3 Å². The van der Waals surface area contributed by atoms with Crippen molar-refractivity contribution >= 4 is 0 Å². The van der Waals surface area contributed by atoms with Gasteiger partial charge >= 0.3 is 0 Å². The van der Waals surface area contributed by atoms with Crippen LogP contribution in [0, 0.1) is 5.92 Å². The zero-order chi connectivity index (χ0) is 11.0. The van der Waals surface area contributed by atoms with Crippen LogP contribution in [0.1, 0.15) is 51.9 Å². The maximum Gasteiger partial charge on any atom is 0.0249 e. The number of hydrogen-bond donors (Lipinski definition) is 1. The molecule has 16 heavy (non-hydrogen) atoms. The second-order valence-electron chi connectivity index (χ2n) is 6.14. The van der Waals surface area contributed by atoms with Crippen molar-refractivity contribution in [2.45, 2.75) is 70.0 Å². The zero-order valence-corrected chi connectivity index (χ0v) is 10.6. The van der Waals surface area contributed by atoms with Gasteiger partial charge in [0, 0.05) is 24.7 Å². The first-order valence-corrected chi connectivity index (χ1v) is 7.35. The van der Waals surface area contributed by atoms with Crippen LogP contribution in [0.4, 0.5) is 0 Å². The molecule has 3 aliphatic rings. The summed E-state index contributed by atoms with van der Waals surface area (Å²) in [4.78, 5) is 2.73. The van der Waals surface area contributed by atoms with Crippen molar-refractivity contribution in [3.63, 3.8) is 0 Å². The lowest BCUT2D eigenvalue weighted by molar-refractivity contribution is 0.161. The van der Waals surface area contributed by atoms with Crippen LogP contribution in [-0.2, 0) is 0 Å². The molecule has 0 bridgehead atoms. The molecule has 1 N–H and O–H groups in total. The summed E-state index contributed by atoms with van der Waals surface area (Å²) in [5, 5.41) is 3.94. The molecule has 0 radical (unpaired) electrons. The van der Waals surface area contributed by atoms with Crippen LogP contribution in [0.2, 0.25) is 0 Å². The minimum atomic E-state index is 0.764. The van der Waals surface area contributed by atoms with Gasteiger partial charge < -0.3 is 5.32 Å². The molecule has 92 valence electrons. The van der Waals surface area contributed by atoms with E-state index in [2.05, 4.69) is 17.1 Å². The van der Waals surface area contributed by atoms with E-state index < -0.39 is 0 Å². The summed E-state index contributed by atoms with van der Waals surface area (Å²) in [6, 6.07) is 2.44. The molecule has 2 saturated heterocycles. The minimum Gasteiger partial charge on any atom is -0.310 e. The number of rotatable bonds is 3. The predicted octanol–water partition coefficient (Wildman–Crippen LogP) is 2.39. The van der Waals surface area contributed by atoms with Crippen LogP contribution >= 0.6 is 0 Å². The Hall–Kier alpha value is -0.0800. The molecule has 2 heterocycles. The van der Waals surface area contributed by atoms with Gasteiger partial charge in [-0.2, -0.15) is 0 Å². The van der Waals surface area contributed by atoms with Gasteiger partial charge in [0.25, 0.3) is 0 Å². The fourth-order valence-corrected chi connectivity index (χ4v) is 3.86. The van der Waals surface area contributed by atoms with E-state index in [0.29, 0.717) is 0 Å². The monoisotopic (exact) mass is 222 g/mol. The lowest BCUT2D eigenvalue weighted by Crippen LogP contribution is -2.50. The van der Waals surface area contributed by atoms with Crippen molar-refractivity contribution in [3.8, 4) is 0 Å². The van der Waals surface area contributed by atoms with Gasteiger partial charge in [-0.15, -0.1) is 0 Å². The van der Waals surface area contributed by atoms with E-state index in [1.165, 1.54) is 58.0 Å². The fourth-order valence-electron chi connectivity index (χ4n) is 3.86. The van der Waals surface area contributed by atoms with Gasteiger partial charge in [0.2, 0.25) is 0 Å². The van der Waals surface area contributed by atoms with Crippen LogP contribution in [0.25, 0.3) is 0 Å². The van der Waals surface area contributed by atoms with Gasteiger partial charge in [0.1, 0.15) is 0 Å². The highest BCUT2D eigenvalue weighted by molar-refractivity contribution is 4.96. The van der Waals surface area contributed by atoms with Crippen molar-refractivity contribution in [3.05, 3.63) is 0 Å². The average molecular weight is 222 g/mol. The Bertz CT molecular complexity index is 237. The second kappa shape index (κ2) is 4.66. The van der Waals surface area contributed by atoms with E-state index >= 15 is 0 Å². The van der Waals surface area contributed by atoms with Crippen molar-refractivity contribution in [2.24, 2.45) is 5.92 Å². The normalized spacial score (nSPS) is 38.1. The third-order valence-electron chi connectivity index (χ3n) is 5.19. The summed E-state index contributed by atoms with van der Waals surface area (Å²) < 4.78 is 0. The molecule has 3 fully saturated rings. The highest BCUT2D eigenvalue weighted by Gasteiger charge is 2.37. The van der Waals surface area contributed by atoms with Crippen molar-refractivity contribution in [1.29, 1.82) is 0 Å². The summed E-state index contributed by atoms with van der Waals surface area (Å²) in [5.41, 5.74) is 0. The van der Waals surface area contributed by atoms with Crippen molar-refractivity contribution < 1.29 is 0 Å². The van der Waals surface area contributed by atoms with Gasteiger partial charge in [-0.05, 0) is 51.5 Å². The molecule has 0 aromatic carbocycles. The molecular weight excluding hydrogens is 196 g/mol. The third kappa shape index (κ3) is 2.02. The quantitative estimate of drug-likeness (QED) is 0.789. The Labute approximate surface area is 99.8 Å². The Balaban J connectivity index is 1.54. The molecule has 0 aromatic rings. The maximum atomic E-state index is 3.94. The van der Waals surface area contributed by atoms with Gasteiger partial charge in [0.05, 0.1) is 0 Å². The van der Waals surface area contributed by atoms with Crippen molar-refractivity contribution in [1.82, 2.24) is 10.2 Å². The van der Waals surface area contributed by atoms with Gasteiger partial charge in [-0.3, -0.25) is 4.90 Å². The van der Waals surface area contributed by atoms with E-state index in [9.17, 15) is 0 Å². The SMILES string of the molecule is CC(NC1CCN2CCCCC12)C1CCC1. The molecule has 2 aliphatic heterocycles. The largest absolute Gasteiger partial charge is 0.310 e. The van der Waals surface area contributed by atoms with Gasteiger partial charge in [-0.1, -0.05) is 12.8 Å². The molecule has 0 spiro atoms. The van der Waals surface area contributed by atoms with Crippen LogP contribution in [0.15, 0.2) is 0 Å². The zero-order valence-electron chi connectivity index (χ0n) is 10.6. The number of nitrogens with zero attached hydrogens (tertiary/aromatic N) is 1. The fraction of sp³-hybridized carbons (Fsp3) is 1.00. The number of hydrogen-bond acceptors (Lipinski definition) is 2. The summed E-state index contributed by atoms with van der Waals surface area (Å²) in [5.74, 6) is 0.984. The molecule has 2 nitrogen and oxygen atoms in total. The molecule has 3 rings (SSSR count). The predicted molar refractivity (Wildman–Crippen MR) is 67.6 cm³/mol. The smallest absolute Gasteiger partial charge is 0.0249 e. The summed E-state index contributed by atoms with van der Waals surface area (Å²) in [7, 11) is 0. The summed E-state index contributed by atoms with van der Waals surface area (Å²) in [6.45, 7) is 5.12. The van der Waals surface area contributed by atoms with Crippen LogP contribution in [-0.4, -0.2) is 36.1 Å². The average Bonchev–Trinajstić information content (AvgIpc) is 2.59. The Morgan fingerprint density at radius 3 is 2.62 bits per heavy atom. The van der Waals surface area contributed by atoms with E-state index in [1.807, 2.05) is 0 Å². The summed E-state index contributed by atoms with van der Waals surface area (Å²) in [6.07, 6.45) is 10.1. The Kier molecular flexibility index (Phi) is 3.21. The van der Waals surface area contributed by atoms with E-state index in [-0.39, 0.29) is 0 Å². The highest BCUT2D eigenvalue weighted by Crippen LogP contribution is 2.32. The summed E-state index contributed by atoms with van der Waals surface area (Å²) >= 11 is 0. The number of fused-ring (bicyclic) bond motifs is 1. The molecule has 0 aromatic heterocycles. The molecule has 1 saturated carbocycles. The molecule has 0 amide bonds. The minimum absolute atomic E-state index is 0.764. The molecule has 2 heteroatoms. The lowest BCUT2D eigenvalue weighted by atomic mass is 9.80. The standard InChI is InChI=1S/C14H26N2/c1-11(12-5-4-6-12)15-13-8-10-16-9-3-2-7-14(13)16/h11-15H,2-10H2,1H3. The third-order valence-corrected chi connectivity index (χ3v) is 5.19. The molecular formula is C14H26N2. The molecule has 3 atom stereocenters. The van der Waals surface area contributed by atoms with Gasteiger partial charge in [0.15, 0.2) is 0 Å². The van der Waals surface area contributed by atoms with Crippen LogP contribution in [0.3, 0.4) is 0 Å². The van der Waals surface area contributed by atoms with E-state index in [1.54, 1.807) is 0 Å². The van der Waals surface area contributed by atoms with Crippen LogP contribution < -0.4 is 5.32 Å². The maximum absolute atomic E-state index is 3.94. The first kappa shape index (κ1) is 11.0. The Morgan fingerprint density at radius 2 is 1.88 bits per heavy atom. The number of nitrogens with one attached hydrogen (secondary N) is 1. The van der Waals surface area contributed by atoms with Crippen LogP contribution in [0.5, 0.6) is 0 Å². The second-order valence-corrected chi connectivity index (χ2v) is 6.14.